The number of carbonyl (C=O) groups excluding carboxylic acids is 2. The molecular formula is C22H25Cl2N3O5. The number of halogens is 2. The van der Waals surface area contributed by atoms with Gasteiger partial charge in [0, 0.05) is 35.7 Å². The number of nitrogens with one attached hydrogen (secondary N) is 2. The largest absolute Gasteiger partial charge is 0.482 e. The van der Waals surface area contributed by atoms with Crippen molar-refractivity contribution in [3.05, 3.63) is 50.9 Å². The van der Waals surface area contributed by atoms with E-state index >= 15 is 0 Å². The highest BCUT2D eigenvalue weighted by molar-refractivity contribution is 6.35. The molecule has 1 unspecified atom stereocenters. The van der Waals surface area contributed by atoms with Crippen LogP contribution in [-0.2, 0) is 16.0 Å². The van der Waals surface area contributed by atoms with Crippen LogP contribution in [0.15, 0.2) is 27.7 Å². The van der Waals surface area contributed by atoms with Crippen molar-refractivity contribution >= 4 is 40.7 Å². The highest BCUT2D eigenvalue weighted by Crippen LogP contribution is 2.30. The van der Waals surface area contributed by atoms with Gasteiger partial charge < -0.3 is 19.2 Å². The molecule has 1 aromatic carbocycles. The zero-order chi connectivity index (χ0) is 23.3. The first-order valence-electron chi connectivity index (χ1n) is 10.2. The van der Waals surface area contributed by atoms with Gasteiger partial charge in [0.1, 0.15) is 11.5 Å². The van der Waals surface area contributed by atoms with Gasteiger partial charge in [-0.05, 0) is 44.9 Å². The van der Waals surface area contributed by atoms with Gasteiger partial charge in [-0.1, -0.05) is 23.2 Å². The van der Waals surface area contributed by atoms with Crippen molar-refractivity contribution in [3.63, 3.8) is 0 Å². The van der Waals surface area contributed by atoms with Crippen LogP contribution in [-0.4, -0.2) is 43.9 Å². The Bertz CT molecular complexity index is 1030. The van der Waals surface area contributed by atoms with Gasteiger partial charge in [-0.25, -0.2) is 5.43 Å². The summed E-state index contributed by atoms with van der Waals surface area (Å²) in [7, 11) is 1.58. The topological polar surface area (TPSA) is 102 Å². The maximum absolute atomic E-state index is 12.6. The van der Waals surface area contributed by atoms with Gasteiger partial charge in [0.2, 0.25) is 0 Å². The van der Waals surface area contributed by atoms with Crippen LogP contribution in [0.25, 0.3) is 0 Å². The number of nitrogens with zero attached hydrogens (tertiary/aromatic N) is 1. The van der Waals surface area contributed by atoms with Gasteiger partial charge in [-0.2, -0.15) is 5.10 Å². The van der Waals surface area contributed by atoms with Crippen molar-refractivity contribution in [2.45, 2.75) is 39.2 Å². The van der Waals surface area contributed by atoms with Crippen LogP contribution in [0.2, 0.25) is 10.0 Å². The van der Waals surface area contributed by atoms with E-state index in [-0.39, 0.29) is 24.3 Å². The molecule has 1 aliphatic carbocycles. The van der Waals surface area contributed by atoms with E-state index in [1.807, 2.05) is 13.8 Å². The van der Waals surface area contributed by atoms with Gasteiger partial charge in [-0.15, -0.1) is 0 Å². The number of hydrazone groups is 1. The Hall–Kier alpha value is -2.55. The van der Waals surface area contributed by atoms with Gasteiger partial charge in [-0.3, -0.25) is 9.59 Å². The molecule has 1 heterocycles. The average Bonchev–Trinajstić information content (AvgIpc) is 3.09. The first-order chi connectivity index (χ1) is 15.3. The molecule has 1 atom stereocenters. The minimum absolute atomic E-state index is 0.157. The standard InChI is InChI=1S/C22H25Cl2N3O5/c1-12(10-30-3)25-22(29)21-13(2)20-16(5-4-6-18(20)32-21)26-27-19(28)11-31-17-8-7-14(23)9-15(17)24/h7-9,12H,4-6,10-11H2,1-3H3,(H,25,29)(H,27,28)/b26-16+. The predicted molar refractivity (Wildman–Crippen MR) is 122 cm³/mol. The summed E-state index contributed by atoms with van der Waals surface area (Å²) in [6, 6.07) is 4.59. The Morgan fingerprint density at radius 1 is 1.28 bits per heavy atom. The van der Waals surface area contributed by atoms with Crippen LogP contribution in [0, 0.1) is 6.92 Å². The Morgan fingerprint density at radius 3 is 2.78 bits per heavy atom. The third-order valence-electron chi connectivity index (χ3n) is 4.89. The van der Waals surface area contributed by atoms with E-state index < -0.39 is 5.91 Å². The van der Waals surface area contributed by atoms with Crippen molar-refractivity contribution in [1.29, 1.82) is 0 Å². The fourth-order valence-corrected chi connectivity index (χ4v) is 3.94. The number of carbonyl (C=O) groups is 2. The predicted octanol–water partition coefficient (Wildman–Crippen LogP) is 3.90. The normalized spacial score (nSPS) is 15.2. The highest BCUT2D eigenvalue weighted by Gasteiger charge is 2.28. The summed E-state index contributed by atoms with van der Waals surface area (Å²) in [6.07, 6.45) is 2.15. The van der Waals surface area contributed by atoms with Crippen LogP contribution >= 0.6 is 23.2 Å². The summed E-state index contributed by atoms with van der Waals surface area (Å²) in [6.45, 7) is 3.79. The molecule has 3 rings (SSSR count). The fourth-order valence-electron chi connectivity index (χ4n) is 3.48. The molecule has 0 fully saturated rings. The van der Waals surface area contributed by atoms with E-state index in [0.717, 1.165) is 12.0 Å². The molecule has 172 valence electrons. The molecular weight excluding hydrogens is 457 g/mol. The molecule has 2 aromatic rings. The Morgan fingerprint density at radius 2 is 2.06 bits per heavy atom. The fraction of sp³-hybridized carbons (Fsp3) is 0.409. The maximum Gasteiger partial charge on any atom is 0.287 e. The quantitative estimate of drug-likeness (QED) is 0.556. The second kappa shape index (κ2) is 10.8. The molecule has 1 aliphatic rings. The maximum atomic E-state index is 12.6. The van der Waals surface area contributed by atoms with Crippen LogP contribution in [0.3, 0.4) is 0 Å². The summed E-state index contributed by atoms with van der Waals surface area (Å²) in [4.78, 5) is 24.8. The lowest BCUT2D eigenvalue weighted by Gasteiger charge is -2.13. The molecule has 0 saturated carbocycles. The summed E-state index contributed by atoms with van der Waals surface area (Å²) in [5, 5.41) is 7.91. The van der Waals surface area contributed by atoms with E-state index in [9.17, 15) is 9.59 Å². The van der Waals surface area contributed by atoms with E-state index in [2.05, 4.69) is 15.8 Å². The summed E-state index contributed by atoms with van der Waals surface area (Å²) in [5.74, 6) is 0.541. The van der Waals surface area contributed by atoms with Crippen LogP contribution in [0.1, 0.15) is 47.2 Å². The first kappa shape index (κ1) is 24.1. The molecule has 0 spiro atoms. The van der Waals surface area contributed by atoms with E-state index in [4.69, 9.17) is 37.1 Å². The van der Waals surface area contributed by atoms with Gasteiger partial charge in [0.15, 0.2) is 12.4 Å². The third kappa shape index (κ3) is 5.82. The molecule has 32 heavy (non-hydrogen) atoms. The minimum atomic E-state index is -0.442. The zero-order valence-electron chi connectivity index (χ0n) is 18.1. The number of aryl methyl sites for hydroxylation is 1. The minimum Gasteiger partial charge on any atom is -0.482 e. The van der Waals surface area contributed by atoms with Crippen molar-refractivity contribution < 1.29 is 23.5 Å². The Kier molecular flexibility index (Phi) is 8.17. The number of hydrogen-bond donors (Lipinski definition) is 2. The smallest absolute Gasteiger partial charge is 0.287 e. The number of rotatable bonds is 8. The molecule has 0 radical (unpaired) electrons. The average molecular weight is 482 g/mol. The van der Waals surface area contributed by atoms with E-state index in [0.29, 0.717) is 52.3 Å². The first-order valence-corrected chi connectivity index (χ1v) is 10.9. The summed E-state index contributed by atoms with van der Waals surface area (Å²) in [5.41, 5.74) is 4.63. The molecule has 2 amide bonds. The summed E-state index contributed by atoms with van der Waals surface area (Å²) < 4.78 is 16.3. The summed E-state index contributed by atoms with van der Waals surface area (Å²) >= 11 is 11.9. The Labute approximate surface area is 196 Å². The van der Waals surface area contributed by atoms with Gasteiger partial charge >= 0.3 is 0 Å². The second-order valence-electron chi connectivity index (χ2n) is 7.49. The van der Waals surface area contributed by atoms with Crippen molar-refractivity contribution in [2.75, 3.05) is 20.3 Å². The number of hydrogen-bond acceptors (Lipinski definition) is 6. The second-order valence-corrected chi connectivity index (χ2v) is 8.34. The number of benzene rings is 1. The zero-order valence-corrected chi connectivity index (χ0v) is 19.6. The van der Waals surface area contributed by atoms with Gasteiger partial charge in [0.25, 0.3) is 11.8 Å². The Balaban J connectivity index is 1.67. The van der Waals surface area contributed by atoms with Crippen molar-refractivity contribution in [3.8, 4) is 5.75 Å². The number of fused-ring (bicyclic) bond motifs is 1. The lowest BCUT2D eigenvalue weighted by molar-refractivity contribution is -0.123. The number of methoxy groups -OCH3 is 1. The van der Waals surface area contributed by atoms with Crippen LogP contribution < -0.4 is 15.5 Å². The molecule has 0 aliphatic heterocycles. The molecule has 0 saturated heterocycles. The molecule has 1 aromatic heterocycles. The van der Waals surface area contributed by atoms with E-state index in [1.165, 1.54) is 6.07 Å². The number of amides is 2. The molecule has 0 bridgehead atoms. The SMILES string of the molecule is COCC(C)NC(=O)c1oc2c(c1C)/C(=N/NC(=O)COc1ccc(Cl)cc1Cl)CCC2. The van der Waals surface area contributed by atoms with Crippen molar-refractivity contribution in [1.82, 2.24) is 10.7 Å². The van der Waals surface area contributed by atoms with Crippen LogP contribution in [0.5, 0.6) is 5.75 Å². The molecule has 2 N–H and O–H groups in total. The van der Waals surface area contributed by atoms with Crippen molar-refractivity contribution in [2.24, 2.45) is 5.10 Å². The highest BCUT2D eigenvalue weighted by atomic mass is 35.5. The number of furan rings is 1. The lowest BCUT2D eigenvalue weighted by Crippen LogP contribution is -2.35. The molecule has 10 heteroatoms. The number of ether oxygens (including phenoxy) is 2. The lowest BCUT2D eigenvalue weighted by atomic mass is 9.93. The third-order valence-corrected chi connectivity index (χ3v) is 5.42. The monoisotopic (exact) mass is 481 g/mol. The van der Waals surface area contributed by atoms with Gasteiger partial charge in [0.05, 0.1) is 17.3 Å². The molecule has 8 nitrogen and oxygen atoms in total. The van der Waals surface area contributed by atoms with Crippen LogP contribution in [0.4, 0.5) is 0 Å². The van der Waals surface area contributed by atoms with E-state index in [1.54, 1.807) is 19.2 Å².